The van der Waals surface area contributed by atoms with Crippen molar-refractivity contribution in [3.63, 3.8) is 0 Å². The Labute approximate surface area is 145 Å². The summed E-state index contributed by atoms with van der Waals surface area (Å²) in [4.78, 5) is 38.0. The molecule has 0 aliphatic carbocycles. The van der Waals surface area contributed by atoms with Crippen LogP contribution in [0.3, 0.4) is 0 Å². The summed E-state index contributed by atoms with van der Waals surface area (Å²) >= 11 is 0. The highest BCUT2D eigenvalue weighted by Crippen LogP contribution is 2.14. The fourth-order valence-corrected chi connectivity index (χ4v) is 2.61. The number of amides is 2. The second-order valence-corrected chi connectivity index (χ2v) is 5.88. The predicted molar refractivity (Wildman–Crippen MR) is 87.6 cm³/mol. The fraction of sp³-hybridized carbons (Fsp3) is 0.471. The predicted octanol–water partition coefficient (Wildman–Crippen LogP) is 0.692. The van der Waals surface area contributed by atoms with Crippen molar-refractivity contribution < 1.29 is 29.3 Å². The zero-order valence-electron chi connectivity index (χ0n) is 14.0. The number of aliphatic hydroxyl groups is 1. The van der Waals surface area contributed by atoms with E-state index in [0.717, 1.165) is 5.56 Å². The molecule has 2 rings (SSSR count). The van der Waals surface area contributed by atoms with Gasteiger partial charge in [0.05, 0.1) is 0 Å². The van der Waals surface area contributed by atoms with Crippen molar-refractivity contribution in [1.82, 2.24) is 9.80 Å². The lowest BCUT2D eigenvalue weighted by Gasteiger charge is -2.38. The quantitative estimate of drug-likeness (QED) is 0.782. The minimum absolute atomic E-state index is 0.0494. The lowest BCUT2D eigenvalue weighted by atomic mass is 10.1. The van der Waals surface area contributed by atoms with Crippen LogP contribution in [0.25, 0.3) is 0 Å². The summed E-state index contributed by atoms with van der Waals surface area (Å²) in [6, 6.07) is 8.55. The van der Waals surface area contributed by atoms with Crippen LogP contribution >= 0.6 is 0 Å². The number of benzene rings is 1. The van der Waals surface area contributed by atoms with Crippen molar-refractivity contribution in [1.29, 1.82) is 0 Å². The van der Waals surface area contributed by atoms with E-state index in [2.05, 4.69) is 0 Å². The molecule has 0 saturated carbocycles. The Bertz CT molecular complexity index is 621. The molecule has 2 atom stereocenters. The van der Waals surface area contributed by atoms with Crippen molar-refractivity contribution in [2.24, 2.45) is 0 Å². The molecule has 0 aromatic heterocycles. The second kappa shape index (κ2) is 8.48. The Hall–Kier alpha value is -2.61. The molecule has 2 N–H and O–H groups in total. The number of aliphatic hydroxyl groups excluding tert-OH is 1. The van der Waals surface area contributed by atoms with E-state index in [1.807, 2.05) is 30.3 Å². The molecule has 1 fully saturated rings. The molecule has 2 amide bonds. The van der Waals surface area contributed by atoms with E-state index in [4.69, 9.17) is 9.84 Å². The SMILES string of the molecule is C[C@H]1C(=O)N(CCC(O)C(=O)O)CCN1C(=O)OCc1ccccc1. The zero-order chi connectivity index (χ0) is 18.4. The Kier molecular flexibility index (Phi) is 6.35. The summed E-state index contributed by atoms with van der Waals surface area (Å²) < 4.78 is 5.25. The molecule has 0 spiro atoms. The van der Waals surface area contributed by atoms with Gasteiger partial charge in [0, 0.05) is 26.1 Å². The molecule has 25 heavy (non-hydrogen) atoms. The van der Waals surface area contributed by atoms with E-state index in [-0.39, 0.29) is 32.0 Å². The van der Waals surface area contributed by atoms with Crippen LogP contribution in [-0.4, -0.2) is 69.8 Å². The van der Waals surface area contributed by atoms with Crippen LogP contribution in [0.2, 0.25) is 0 Å². The number of aliphatic carboxylic acids is 1. The van der Waals surface area contributed by atoms with Crippen molar-refractivity contribution in [2.45, 2.75) is 32.1 Å². The van der Waals surface area contributed by atoms with Crippen molar-refractivity contribution in [3.8, 4) is 0 Å². The molecule has 1 saturated heterocycles. The van der Waals surface area contributed by atoms with E-state index in [1.165, 1.54) is 9.80 Å². The molecule has 1 aliphatic rings. The van der Waals surface area contributed by atoms with Gasteiger partial charge in [0.25, 0.3) is 0 Å². The Morgan fingerprint density at radius 3 is 2.60 bits per heavy atom. The average molecular weight is 350 g/mol. The maximum absolute atomic E-state index is 12.3. The largest absolute Gasteiger partial charge is 0.479 e. The molecule has 1 aliphatic heterocycles. The molecule has 1 aromatic carbocycles. The first kappa shape index (κ1) is 18.7. The Morgan fingerprint density at radius 1 is 1.28 bits per heavy atom. The fourth-order valence-electron chi connectivity index (χ4n) is 2.61. The van der Waals surface area contributed by atoms with Gasteiger partial charge in [-0.25, -0.2) is 9.59 Å². The maximum Gasteiger partial charge on any atom is 0.410 e. The van der Waals surface area contributed by atoms with Crippen molar-refractivity contribution in [3.05, 3.63) is 35.9 Å². The molecule has 8 nitrogen and oxygen atoms in total. The lowest BCUT2D eigenvalue weighted by Crippen LogP contribution is -2.58. The van der Waals surface area contributed by atoms with E-state index in [9.17, 15) is 19.5 Å². The number of carbonyl (C=O) groups excluding carboxylic acids is 2. The molecular formula is C17H22N2O6. The third-order valence-corrected chi connectivity index (χ3v) is 4.14. The first-order valence-electron chi connectivity index (χ1n) is 8.07. The maximum atomic E-state index is 12.3. The first-order valence-corrected chi connectivity index (χ1v) is 8.07. The van der Waals surface area contributed by atoms with Crippen LogP contribution in [0.4, 0.5) is 4.79 Å². The highest BCUT2D eigenvalue weighted by atomic mass is 16.6. The van der Waals surface area contributed by atoms with Crippen LogP contribution < -0.4 is 0 Å². The van der Waals surface area contributed by atoms with Gasteiger partial charge in [0.15, 0.2) is 6.10 Å². The van der Waals surface area contributed by atoms with Gasteiger partial charge >= 0.3 is 12.1 Å². The summed E-state index contributed by atoms with van der Waals surface area (Å²) in [5, 5.41) is 18.0. The Morgan fingerprint density at radius 2 is 1.96 bits per heavy atom. The summed E-state index contributed by atoms with van der Waals surface area (Å²) in [5.74, 6) is -1.61. The van der Waals surface area contributed by atoms with Crippen LogP contribution in [0.1, 0.15) is 18.9 Å². The standard InChI is InChI=1S/C17H22N2O6/c1-12-15(21)18(8-7-14(20)16(22)23)9-10-19(12)17(24)25-11-13-5-3-2-4-6-13/h2-6,12,14,20H,7-11H2,1H3,(H,22,23)/t12-,14?/m0/s1. The van der Waals surface area contributed by atoms with E-state index in [0.29, 0.717) is 6.54 Å². The number of carboxylic acids is 1. The molecule has 0 bridgehead atoms. The van der Waals surface area contributed by atoms with Gasteiger partial charge in [-0.2, -0.15) is 0 Å². The van der Waals surface area contributed by atoms with E-state index < -0.39 is 24.2 Å². The van der Waals surface area contributed by atoms with Crippen molar-refractivity contribution in [2.75, 3.05) is 19.6 Å². The van der Waals surface area contributed by atoms with Gasteiger partial charge in [-0.05, 0) is 12.5 Å². The summed E-state index contributed by atoms with van der Waals surface area (Å²) in [5.41, 5.74) is 0.858. The highest BCUT2D eigenvalue weighted by molar-refractivity contribution is 5.86. The van der Waals surface area contributed by atoms with Crippen LogP contribution in [0.15, 0.2) is 30.3 Å². The third kappa shape index (κ3) is 4.93. The third-order valence-electron chi connectivity index (χ3n) is 4.14. The van der Waals surface area contributed by atoms with Gasteiger partial charge in [-0.15, -0.1) is 0 Å². The lowest BCUT2D eigenvalue weighted by molar-refractivity contribution is -0.148. The number of ether oxygens (including phenoxy) is 1. The van der Waals surface area contributed by atoms with Crippen LogP contribution in [0.5, 0.6) is 0 Å². The normalized spacial score (nSPS) is 18.8. The zero-order valence-corrected chi connectivity index (χ0v) is 14.0. The molecule has 1 unspecified atom stereocenters. The smallest absolute Gasteiger partial charge is 0.410 e. The minimum Gasteiger partial charge on any atom is -0.479 e. The monoisotopic (exact) mass is 350 g/mol. The molecule has 1 heterocycles. The number of carboxylic acid groups (broad SMARTS) is 1. The number of piperazine rings is 1. The molecular weight excluding hydrogens is 328 g/mol. The summed E-state index contributed by atoms with van der Waals surface area (Å²) in [6.07, 6.45) is -2.11. The highest BCUT2D eigenvalue weighted by Gasteiger charge is 2.35. The van der Waals surface area contributed by atoms with Crippen molar-refractivity contribution >= 4 is 18.0 Å². The molecule has 8 heteroatoms. The topological polar surface area (TPSA) is 107 Å². The van der Waals surface area contributed by atoms with Crippen LogP contribution in [0, 0.1) is 0 Å². The number of hydrogen-bond donors (Lipinski definition) is 2. The van der Waals surface area contributed by atoms with Gasteiger partial charge < -0.3 is 19.8 Å². The van der Waals surface area contributed by atoms with E-state index >= 15 is 0 Å². The minimum atomic E-state index is -1.50. The van der Waals surface area contributed by atoms with Gasteiger partial charge in [0.1, 0.15) is 12.6 Å². The number of hydrogen-bond acceptors (Lipinski definition) is 5. The Balaban J connectivity index is 1.85. The summed E-state index contributed by atoms with van der Waals surface area (Å²) in [7, 11) is 0. The number of rotatable bonds is 6. The van der Waals surface area contributed by atoms with Gasteiger partial charge in [0.2, 0.25) is 5.91 Å². The first-order chi connectivity index (χ1) is 11.9. The second-order valence-electron chi connectivity index (χ2n) is 5.88. The number of nitrogens with zero attached hydrogens (tertiary/aromatic N) is 2. The van der Waals surface area contributed by atoms with E-state index in [1.54, 1.807) is 6.92 Å². The van der Waals surface area contributed by atoms with Gasteiger partial charge in [-0.1, -0.05) is 30.3 Å². The number of carbonyl (C=O) groups is 3. The molecule has 0 radical (unpaired) electrons. The molecule has 136 valence electrons. The average Bonchev–Trinajstić information content (AvgIpc) is 2.61. The summed E-state index contributed by atoms with van der Waals surface area (Å²) in [6.45, 7) is 2.43. The van der Waals surface area contributed by atoms with Crippen LogP contribution in [-0.2, 0) is 20.9 Å². The van der Waals surface area contributed by atoms with Gasteiger partial charge in [-0.3, -0.25) is 9.69 Å². The molecule has 1 aromatic rings.